The molecule has 66 valence electrons. The van der Waals surface area contributed by atoms with E-state index in [1.54, 1.807) is 6.92 Å². The van der Waals surface area contributed by atoms with E-state index in [0.29, 0.717) is 0 Å². The van der Waals surface area contributed by atoms with Crippen LogP contribution >= 0.6 is 0 Å². The van der Waals surface area contributed by atoms with Gasteiger partial charge in [-0.05, 0) is 13.8 Å². The number of oxime groups is 1. The molecule has 1 rings (SSSR count). The summed E-state index contributed by atoms with van der Waals surface area (Å²) in [6.07, 6.45) is 0. The molecule has 0 radical (unpaired) electrons. The molecule has 0 aromatic carbocycles. The molecule has 2 unspecified atom stereocenters. The van der Waals surface area contributed by atoms with Crippen molar-refractivity contribution in [2.45, 2.75) is 13.8 Å². The number of carbonyl (C=O) groups is 2. The van der Waals surface area contributed by atoms with Crippen molar-refractivity contribution >= 4 is 17.7 Å². The Morgan fingerprint density at radius 3 is 2.67 bits per heavy atom. The first-order valence-corrected chi connectivity index (χ1v) is 3.55. The number of hydrogen-bond donors (Lipinski definition) is 1. The van der Waals surface area contributed by atoms with Crippen molar-refractivity contribution in [2.75, 3.05) is 0 Å². The molecule has 1 aliphatic heterocycles. The number of nitrogens with zero attached hydrogens (tertiary/aromatic N) is 1. The fourth-order valence-electron chi connectivity index (χ4n) is 0.957. The molecule has 1 heterocycles. The average Bonchev–Trinajstić information content (AvgIpc) is 2.32. The number of aliphatic carboxylic acids is 1. The van der Waals surface area contributed by atoms with Crippen LogP contribution in [0.1, 0.15) is 13.8 Å². The second-order valence-electron chi connectivity index (χ2n) is 2.71. The summed E-state index contributed by atoms with van der Waals surface area (Å²) < 4.78 is 0. The number of hydrogen-bond acceptors (Lipinski definition) is 4. The molecular weight excluding hydrogens is 162 g/mol. The molecule has 0 bridgehead atoms. The summed E-state index contributed by atoms with van der Waals surface area (Å²) in [5.74, 6) is -2.78. The van der Waals surface area contributed by atoms with Crippen LogP contribution in [0.15, 0.2) is 5.16 Å². The molecule has 0 aromatic rings. The molecule has 12 heavy (non-hydrogen) atoms. The van der Waals surface area contributed by atoms with Gasteiger partial charge >= 0.3 is 11.9 Å². The Kier molecular flexibility index (Phi) is 2.12. The highest BCUT2D eigenvalue weighted by Crippen LogP contribution is 2.17. The summed E-state index contributed by atoms with van der Waals surface area (Å²) in [5.41, 5.74) is 0.285. The highest BCUT2D eigenvalue weighted by atomic mass is 16.7. The van der Waals surface area contributed by atoms with Gasteiger partial charge in [0.15, 0.2) is 0 Å². The van der Waals surface area contributed by atoms with E-state index in [-0.39, 0.29) is 5.71 Å². The molecule has 5 heteroatoms. The number of carboxylic acids is 1. The van der Waals surface area contributed by atoms with Crippen LogP contribution in [0.4, 0.5) is 0 Å². The van der Waals surface area contributed by atoms with Crippen LogP contribution < -0.4 is 0 Å². The SMILES string of the molecule is CC(C(=O)O)C1=NOC(=O)C1C. The Balaban J connectivity index is 2.77. The van der Waals surface area contributed by atoms with Gasteiger partial charge in [0.1, 0.15) is 0 Å². The second-order valence-corrected chi connectivity index (χ2v) is 2.71. The van der Waals surface area contributed by atoms with Crippen molar-refractivity contribution < 1.29 is 19.5 Å². The van der Waals surface area contributed by atoms with Crippen LogP contribution in [-0.4, -0.2) is 22.8 Å². The van der Waals surface area contributed by atoms with E-state index in [9.17, 15) is 9.59 Å². The van der Waals surface area contributed by atoms with Gasteiger partial charge in [-0.3, -0.25) is 4.79 Å². The molecular formula is C7H9NO4. The van der Waals surface area contributed by atoms with Crippen LogP contribution in [0.2, 0.25) is 0 Å². The molecule has 0 fully saturated rings. The summed E-state index contributed by atoms with van der Waals surface area (Å²) in [5, 5.41) is 12.0. The van der Waals surface area contributed by atoms with Crippen LogP contribution in [0.3, 0.4) is 0 Å². The van der Waals surface area contributed by atoms with Crippen molar-refractivity contribution in [1.82, 2.24) is 0 Å². The minimum Gasteiger partial charge on any atom is -0.481 e. The molecule has 1 N–H and O–H groups in total. The Bertz CT molecular complexity index is 258. The molecule has 0 saturated carbocycles. The summed E-state index contributed by atoms with van der Waals surface area (Å²) in [7, 11) is 0. The van der Waals surface area contributed by atoms with E-state index >= 15 is 0 Å². The lowest BCUT2D eigenvalue weighted by atomic mass is 9.95. The molecule has 0 saturated heterocycles. The molecule has 2 atom stereocenters. The van der Waals surface area contributed by atoms with E-state index in [1.165, 1.54) is 6.92 Å². The predicted octanol–water partition coefficient (Wildman–Crippen LogP) is 0.256. The van der Waals surface area contributed by atoms with Gasteiger partial charge in [-0.2, -0.15) is 0 Å². The summed E-state index contributed by atoms with van der Waals surface area (Å²) in [6, 6.07) is 0. The third-order valence-electron chi connectivity index (χ3n) is 1.85. The molecule has 1 aliphatic rings. The smallest absolute Gasteiger partial charge is 0.343 e. The fourth-order valence-corrected chi connectivity index (χ4v) is 0.957. The topological polar surface area (TPSA) is 76.0 Å². The summed E-state index contributed by atoms with van der Waals surface area (Å²) >= 11 is 0. The molecule has 0 amide bonds. The third-order valence-corrected chi connectivity index (χ3v) is 1.85. The van der Waals surface area contributed by atoms with Crippen molar-refractivity contribution in [1.29, 1.82) is 0 Å². The van der Waals surface area contributed by atoms with Crippen LogP contribution in [0.25, 0.3) is 0 Å². The zero-order valence-corrected chi connectivity index (χ0v) is 6.77. The van der Waals surface area contributed by atoms with Gasteiger partial charge in [0, 0.05) is 0 Å². The largest absolute Gasteiger partial charge is 0.481 e. The summed E-state index contributed by atoms with van der Waals surface area (Å²) in [6.45, 7) is 3.05. The lowest BCUT2D eigenvalue weighted by Crippen LogP contribution is -2.26. The normalized spacial score (nSPS) is 24.7. The van der Waals surface area contributed by atoms with Gasteiger partial charge in [0.25, 0.3) is 0 Å². The highest BCUT2D eigenvalue weighted by Gasteiger charge is 2.34. The zero-order valence-electron chi connectivity index (χ0n) is 6.77. The number of rotatable bonds is 2. The van der Waals surface area contributed by atoms with Crippen LogP contribution in [0.5, 0.6) is 0 Å². The molecule has 0 aromatic heterocycles. The predicted molar refractivity (Wildman–Crippen MR) is 39.5 cm³/mol. The lowest BCUT2D eigenvalue weighted by Gasteiger charge is -2.05. The van der Waals surface area contributed by atoms with Gasteiger partial charge in [-0.25, -0.2) is 4.79 Å². The Morgan fingerprint density at radius 1 is 1.75 bits per heavy atom. The maximum Gasteiger partial charge on any atom is 0.343 e. The van der Waals surface area contributed by atoms with Crippen LogP contribution in [-0.2, 0) is 14.4 Å². The molecule has 0 aliphatic carbocycles. The quantitative estimate of drug-likeness (QED) is 0.604. The van der Waals surface area contributed by atoms with E-state index < -0.39 is 23.8 Å². The lowest BCUT2D eigenvalue weighted by molar-refractivity contribution is -0.143. The van der Waals surface area contributed by atoms with E-state index in [1.807, 2.05) is 0 Å². The maximum atomic E-state index is 10.8. The van der Waals surface area contributed by atoms with E-state index in [2.05, 4.69) is 9.99 Å². The Labute approximate surface area is 69.0 Å². The van der Waals surface area contributed by atoms with Gasteiger partial charge < -0.3 is 9.94 Å². The average molecular weight is 171 g/mol. The monoisotopic (exact) mass is 171 g/mol. The Morgan fingerprint density at radius 2 is 2.33 bits per heavy atom. The second kappa shape index (κ2) is 2.92. The Hall–Kier alpha value is -1.39. The van der Waals surface area contributed by atoms with Gasteiger partial charge in [-0.1, -0.05) is 5.16 Å². The third kappa shape index (κ3) is 1.30. The molecule has 5 nitrogen and oxygen atoms in total. The maximum absolute atomic E-state index is 10.8. The van der Waals surface area contributed by atoms with Crippen molar-refractivity contribution in [3.05, 3.63) is 0 Å². The van der Waals surface area contributed by atoms with Gasteiger partial charge in [0.2, 0.25) is 0 Å². The minimum absolute atomic E-state index is 0.285. The van der Waals surface area contributed by atoms with Crippen molar-refractivity contribution in [3.63, 3.8) is 0 Å². The molecule has 0 spiro atoms. The first-order chi connectivity index (χ1) is 5.54. The van der Waals surface area contributed by atoms with Gasteiger partial charge in [-0.15, -0.1) is 0 Å². The highest BCUT2D eigenvalue weighted by molar-refractivity contribution is 6.12. The van der Waals surface area contributed by atoms with Crippen molar-refractivity contribution in [2.24, 2.45) is 17.0 Å². The standard InChI is InChI=1S/C7H9NO4/c1-3(6(9)10)5-4(2)7(11)12-8-5/h3-4H,1-2H3,(H,9,10). The zero-order chi connectivity index (χ0) is 9.30. The summed E-state index contributed by atoms with van der Waals surface area (Å²) in [4.78, 5) is 25.6. The fraction of sp³-hybridized carbons (Fsp3) is 0.571. The van der Waals surface area contributed by atoms with Crippen molar-refractivity contribution in [3.8, 4) is 0 Å². The minimum atomic E-state index is -1.00. The van der Waals surface area contributed by atoms with E-state index in [0.717, 1.165) is 0 Å². The van der Waals surface area contributed by atoms with Gasteiger partial charge in [0.05, 0.1) is 17.5 Å². The van der Waals surface area contributed by atoms with E-state index in [4.69, 9.17) is 5.11 Å². The first kappa shape index (κ1) is 8.70. The number of carboxylic acid groups (broad SMARTS) is 1. The number of carbonyl (C=O) groups excluding carboxylic acids is 1. The first-order valence-electron chi connectivity index (χ1n) is 3.55. The van der Waals surface area contributed by atoms with Crippen LogP contribution in [0, 0.1) is 11.8 Å².